The quantitative estimate of drug-likeness (QED) is 0.874. The summed E-state index contributed by atoms with van der Waals surface area (Å²) in [6.07, 6.45) is 3.17. The van der Waals surface area contributed by atoms with Crippen LogP contribution in [-0.4, -0.2) is 24.0 Å². The Labute approximate surface area is 128 Å². The van der Waals surface area contributed by atoms with E-state index in [9.17, 15) is 9.18 Å². The van der Waals surface area contributed by atoms with Crippen LogP contribution in [0, 0.1) is 5.82 Å². The van der Waals surface area contributed by atoms with Crippen molar-refractivity contribution in [2.45, 2.75) is 19.8 Å². The molecule has 5 heteroatoms. The fourth-order valence-electron chi connectivity index (χ4n) is 2.76. The van der Waals surface area contributed by atoms with Gasteiger partial charge in [-0.25, -0.2) is 9.37 Å². The lowest BCUT2D eigenvalue weighted by molar-refractivity contribution is 0.0979. The van der Waals surface area contributed by atoms with Crippen LogP contribution in [0.2, 0.25) is 0 Å². The van der Waals surface area contributed by atoms with E-state index in [1.165, 1.54) is 11.0 Å². The second-order valence-electron chi connectivity index (χ2n) is 5.10. The predicted octanol–water partition coefficient (Wildman–Crippen LogP) is 3.21. The standard InChI is InChI=1S/C17H17FN2O2/c1-2-22-16-13(8-4-10-19-16)17(21)20-11-5-7-12-6-3-9-14(18)15(12)20/h3-4,6,8-10H,2,5,7,11H2,1H3. The first-order valence-electron chi connectivity index (χ1n) is 7.39. The Morgan fingerprint density at radius 2 is 2.23 bits per heavy atom. The summed E-state index contributed by atoms with van der Waals surface area (Å²) >= 11 is 0. The summed E-state index contributed by atoms with van der Waals surface area (Å²) in [5.41, 5.74) is 1.60. The molecule has 0 bridgehead atoms. The fourth-order valence-corrected chi connectivity index (χ4v) is 2.76. The first kappa shape index (κ1) is 14.5. The van der Waals surface area contributed by atoms with Gasteiger partial charge >= 0.3 is 0 Å². The van der Waals surface area contributed by atoms with Gasteiger partial charge in [-0.15, -0.1) is 0 Å². The molecule has 0 atom stereocenters. The number of fused-ring (bicyclic) bond motifs is 1. The number of nitrogens with zero attached hydrogens (tertiary/aromatic N) is 2. The van der Waals surface area contributed by atoms with Crippen molar-refractivity contribution in [3.8, 4) is 5.88 Å². The number of para-hydroxylation sites is 1. The average Bonchev–Trinajstić information content (AvgIpc) is 2.55. The summed E-state index contributed by atoms with van der Waals surface area (Å²) in [5, 5.41) is 0. The highest BCUT2D eigenvalue weighted by atomic mass is 19.1. The molecule has 1 aromatic carbocycles. The highest BCUT2D eigenvalue weighted by molar-refractivity contribution is 6.08. The van der Waals surface area contributed by atoms with Gasteiger partial charge in [-0.05, 0) is 43.5 Å². The first-order chi connectivity index (χ1) is 10.7. The van der Waals surface area contributed by atoms with Gasteiger partial charge in [-0.2, -0.15) is 0 Å². The molecule has 1 aromatic heterocycles. The molecule has 0 fully saturated rings. The molecule has 1 aliphatic heterocycles. The maximum absolute atomic E-state index is 14.2. The summed E-state index contributed by atoms with van der Waals surface area (Å²) in [6, 6.07) is 8.27. The van der Waals surface area contributed by atoms with E-state index in [1.807, 2.05) is 13.0 Å². The van der Waals surface area contributed by atoms with E-state index in [0.29, 0.717) is 30.3 Å². The number of benzene rings is 1. The molecule has 0 N–H and O–H groups in total. The summed E-state index contributed by atoms with van der Waals surface area (Å²) in [4.78, 5) is 18.4. The number of hydrogen-bond donors (Lipinski definition) is 0. The lowest BCUT2D eigenvalue weighted by Crippen LogP contribution is -2.36. The van der Waals surface area contributed by atoms with Crippen LogP contribution in [0.3, 0.4) is 0 Å². The Morgan fingerprint density at radius 1 is 1.36 bits per heavy atom. The Kier molecular flexibility index (Phi) is 4.04. The number of anilines is 1. The van der Waals surface area contributed by atoms with Crippen LogP contribution >= 0.6 is 0 Å². The van der Waals surface area contributed by atoms with E-state index < -0.39 is 0 Å². The Balaban J connectivity index is 2.02. The molecule has 0 saturated carbocycles. The molecule has 0 radical (unpaired) electrons. The average molecular weight is 300 g/mol. The second kappa shape index (κ2) is 6.13. The van der Waals surface area contributed by atoms with Crippen LogP contribution in [0.15, 0.2) is 36.5 Å². The minimum atomic E-state index is -0.368. The summed E-state index contributed by atoms with van der Waals surface area (Å²) in [7, 11) is 0. The lowest BCUT2D eigenvalue weighted by Gasteiger charge is -2.30. The van der Waals surface area contributed by atoms with Crippen molar-refractivity contribution in [1.82, 2.24) is 4.98 Å². The van der Waals surface area contributed by atoms with Gasteiger partial charge in [0.25, 0.3) is 5.91 Å². The number of pyridine rings is 1. The van der Waals surface area contributed by atoms with Crippen molar-refractivity contribution < 1.29 is 13.9 Å². The van der Waals surface area contributed by atoms with E-state index in [2.05, 4.69) is 4.98 Å². The monoisotopic (exact) mass is 300 g/mol. The van der Waals surface area contributed by atoms with E-state index in [0.717, 1.165) is 18.4 Å². The topological polar surface area (TPSA) is 42.4 Å². The normalized spacial score (nSPS) is 13.6. The first-order valence-corrected chi connectivity index (χ1v) is 7.39. The molecule has 114 valence electrons. The minimum Gasteiger partial charge on any atom is -0.477 e. The highest BCUT2D eigenvalue weighted by Gasteiger charge is 2.28. The minimum absolute atomic E-state index is 0.275. The van der Waals surface area contributed by atoms with Gasteiger partial charge in [-0.3, -0.25) is 4.79 Å². The number of aryl methyl sites for hydroxylation is 1. The molecular weight excluding hydrogens is 283 g/mol. The van der Waals surface area contributed by atoms with Crippen LogP contribution in [0.4, 0.5) is 10.1 Å². The van der Waals surface area contributed by atoms with Gasteiger partial charge in [0, 0.05) is 12.7 Å². The van der Waals surface area contributed by atoms with Gasteiger partial charge in [0.05, 0.1) is 12.3 Å². The number of hydrogen-bond acceptors (Lipinski definition) is 3. The summed E-state index contributed by atoms with van der Waals surface area (Å²) in [5.74, 6) is -0.353. The van der Waals surface area contributed by atoms with Crippen molar-refractivity contribution in [2.75, 3.05) is 18.1 Å². The van der Waals surface area contributed by atoms with Crippen molar-refractivity contribution in [3.63, 3.8) is 0 Å². The molecule has 22 heavy (non-hydrogen) atoms. The molecule has 3 rings (SSSR count). The number of carbonyl (C=O) groups excluding carboxylic acids is 1. The second-order valence-corrected chi connectivity index (χ2v) is 5.10. The maximum Gasteiger partial charge on any atom is 0.263 e. The third kappa shape index (κ3) is 2.54. The Bertz CT molecular complexity index is 703. The number of halogens is 1. The summed E-state index contributed by atoms with van der Waals surface area (Å²) < 4.78 is 19.6. The SMILES string of the molecule is CCOc1ncccc1C(=O)N1CCCc2cccc(F)c21. The van der Waals surface area contributed by atoms with Crippen LogP contribution in [0.5, 0.6) is 5.88 Å². The number of rotatable bonds is 3. The van der Waals surface area contributed by atoms with E-state index in [4.69, 9.17) is 4.74 Å². The molecule has 2 heterocycles. The zero-order chi connectivity index (χ0) is 15.5. The zero-order valence-electron chi connectivity index (χ0n) is 12.4. The van der Waals surface area contributed by atoms with Crippen molar-refractivity contribution in [3.05, 3.63) is 53.5 Å². The van der Waals surface area contributed by atoms with Crippen LogP contribution in [0.25, 0.3) is 0 Å². The number of carbonyl (C=O) groups is 1. The largest absolute Gasteiger partial charge is 0.477 e. The van der Waals surface area contributed by atoms with Gasteiger partial charge < -0.3 is 9.64 Å². The number of amides is 1. The third-order valence-electron chi connectivity index (χ3n) is 3.70. The van der Waals surface area contributed by atoms with E-state index in [-0.39, 0.29) is 11.7 Å². The van der Waals surface area contributed by atoms with Crippen molar-refractivity contribution >= 4 is 11.6 Å². The Morgan fingerprint density at radius 3 is 3.05 bits per heavy atom. The highest BCUT2D eigenvalue weighted by Crippen LogP contribution is 2.32. The van der Waals surface area contributed by atoms with Crippen LogP contribution < -0.4 is 9.64 Å². The lowest BCUT2D eigenvalue weighted by atomic mass is 10.0. The van der Waals surface area contributed by atoms with Gasteiger partial charge in [0.15, 0.2) is 0 Å². The van der Waals surface area contributed by atoms with Gasteiger partial charge in [0.2, 0.25) is 5.88 Å². The Hall–Kier alpha value is -2.43. The molecule has 4 nitrogen and oxygen atoms in total. The van der Waals surface area contributed by atoms with E-state index in [1.54, 1.807) is 24.4 Å². The van der Waals surface area contributed by atoms with E-state index >= 15 is 0 Å². The fraction of sp³-hybridized carbons (Fsp3) is 0.294. The van der Waals surface area contributed by atoms with Crippen LogP contribution in [-0.2, 0) is 6.42 Å². The molecule has 1 amide bonds. The smallest absolute Gasteiger partial charge is 0.263 e. The van der Waals surface area contributed by atoms with Gasteiger partial charge in [-0.1, -0.05) is 12.1 Å². The summed E-state index contributed by atoms with van der Waals surface area (Å²) in [6.45, 7) is 2.74. The van der Waals surface area contributed by atoms with Gasteiger partial charge in [0.1, 0.15) is 11.4 Å². The number of ether oxygens (including phenoxy) is 1. The number of aromatic nitrogens is 1. The molecule has 0 saturated heterocycles. The predicted molar refractivity (Wildman–Crippen MR) is 81.8 cm³/mol. The molecule has 1 aliphatic rings. The molecule has 0 spiro atoms. The maximum atomic E-state index is 14.2. The van der Waals surface area contributed by atoms with Crippen molar-refractivity contribution in [2.24, 2.45) is 0 Å². The molecule has 0 unspecified atom stereocenters. The zero-order valence-corrected chi connectivity index (χ0v) is 12.4. The molecular formula is C17H17FN2O2. The van der Waals surface area contributed by atoms with Crippen LogP contribution in [0.1, 0.15) is 29.3 Å². The third-order valence-corrected chi connectivity index (χ3v) is 3.70. The molecule has 2 aromatic rings. The van der Waals surface area contributed by atoms with Crippen molar-refractivity contribution in [1.29, 1.82) is 0 Å². The molecule has 0 aliphatic carbocycles.